The lowest BCUT2D eigenvalue weighted by atomic mass is 10.1. The molecule has 0 radical (unpaired) electrons. The number of ether oxygens (including phenoxy) is 1. The summed E-state index contributed by atoms with van der Waals surface area (Å²) in [5.74, 6) is 2.54. The Morgan fingerprint density at radius 1 is 1.00 bits per heavy atom. The first-order valence-electron chi connectivity index (χ1n) is 9.07. The maximum atomic E-state index is 6.26. The van der Waals surface area contributed by atoms with E-state index in [0.717, 1.165) is 69.8 Å². The van der Waals surface area contributed by atoms with Gasteiger partial charge in [-0.2, -0.15) is 4.98 Å². The summed E-state index contributed by atoms with van der Waals surface area (Å²) in [6, 6.07) is 6.08. The molecule has 7 nitrogen and oxygen atoms in total. The molecule has 2 aromatic heterocycles. The summed E-state index contributed by atoms with van der Waals surface area (Å²) in [5.41, 5.74) is 0. The average Bonchev–Trinajstić information content (AvgIpc) is 2.70. The predicted molar refractivity (Wildman–Crippen MR) is 103 cm³/mol. The van der Waals surface area contributed by atoms with E-state index in [-0.39, 0.29) is 0 Å². The van der Waals surface area contributed by atoms with E-state index in [1.807, 2.05) is 24.4 Å². The molecule has 2 aliphatic heterocycles. The minimum atomic E-state index is 0.390. The quantitative estimate of drug-likeness (QED) is 0.881. The van der Waals surface area contributed by atoms with Gasteiger partial charge in [0.1, 0.15) is 11.6 Å². The zero-order valence-corrected chi connectivity index (χ0v) is 15.4. The van der Waals surface area contributed by atoms with E-state index in [0.29, 0.717) is 11.1 Å². The summed E-state index contributed by atoms with van der Waals surface area (Å²) in [6.45, 7) is 5.00. The summed E-state index contributed by atoms with van der Waals surface area (Å²) in [5, 5.41) is 4.27. The molecule has 1 N–H and O–H groups in total. The third-order valence-corrected chi connectivity index (χ3v) is 5.12. The van der Waals surface area contributed by atoms with Gasteiger partial charge in [-0.15, -0.1) is 0 Å². The number of halogens is 1. The Morgan fingerprint density at radius 2 is 1.81 bits per heavy atom. The molecule has 8 heteroatoms. The maximum Gasteiger partial charge on any atom is 0.227 e. The fraction of sp³-hybridized carbons (Fsp3) is 0.500. The summed E-state index contributed by atoms with van der Waals surface area (Å²) in [7, 11) is 0. The molecule has 4 rings (SSSR count). The van der Waals surface area contributed by atoms with Crippen LogP contribution in [-0.2, 0) is 4.74 Å². The number of nitrogens with one attached hydrogen (secondary N) is 1. The fourth-order valence-corrected chi connectivity index (χ4v) is 3.64. The Bertz CT molecular complexity index is 731. The molecule has 0 aromatic carbocycles. The predicted octanol–water partition coefficient (Wildman–Crippen LogP) is 2.44. The van der Waals surface area contributed by atoms with E-state index in [1.165, 1.54) is 0 Å². The van der Waals surface area contributed by atoms with Crippen LogP contribution < -0.4 is 15.1 Å². The number of piperidine rings is 1. The molecule has 0 spiro atoms. The van der Waals surface area contributed by atoms with Gasteiger partial charge in [0.2, 0.25) is 5.95 Å². The summed E-state index contributed by atoms with van der Waals surface area (Å²) in [6.07, 6.45) is 5.65. The first-order valence-corrected chi connectivity index (χ1v) is 9.45. The number of hydrogen-bond acceptors (Lipinski definition) is 7. The lowest BCUT2D eigenvalue weighted by Gasteiger charge is -2.34. The van der Waals surface area contributed by atoms with Crippen LogP contribution in [0.3, 0.4) is 0 Å². The number of anilines is 3. The molecule has 2 aromatic rings. The van der Waals surface area contributed by atoms with Crippen molar-refractivity contribution < 1.29 is 4.74 Å². The molecule has 0 saturated carbocycles. The number of rotatable bonds is 4. The van der Waals surface area contributed by atoms with E-state index >= 15 is 0 Å². The minimum Gasteiger partial charge on any atom is -0.378 e. The normalized spacial score (nSPS) is 18.8. The van der Waals surface area contributed by atoms with Gasteiger partial charge < -0.3 is 19.9 Å². The molecular formula is C18H23ClN6O. The van der Waals surface area contributed by atoms with Crippen molar-refractivity contribution >= 4 is 29.2 Å². The summed E-state index contributed by atoms with van der Waals surface area (Å²) < 4.78 is 5.40. The van der Waals surface area contributed by atoms with Crippen LogP contribution in [0.1, 0.15) is 12.8 Å². The van der Waals surface area contributed by atoms with Crippen molar-refractivity contribution in [1.29, 1.82) is 0 Å². The molecule has 2 aliphatic rings. The number of morpholine rings is 1. The van der Waals surface area contributed by atoms with Gasteiger partial charge >= 0.3 is 0 Å². The van der Waals surface area contributed by atoms with E-state index in [1.54, 1.807) is 6.20 Å². The van der Waals surface area contributed by atoms with Gasteiger partial charge in [0.25, 0.3) is 0 Å². The molecule has 0 bridgehead atoms. The molecule has 4 heterocycles. The highest BCUT2D eigenvalue weighted by Gasteiger charge is 2.22. The minimum absolute atomic E-state index is 0.390. The van der Waals surface area contributed by atoms with Gasteiger partial charge in [0.05, 0.1) is 18.2 Å². The molecule has 26 heavy (non-hydrogen) atoms. The third kappa shape index (κ3) is 3.99. The van der Waals surface area contributed by atoms with Crippen LogP contribution >= 0.6 is 11.6 Å². The van der Waals surface area contributed by atoms with Gasteiger partial charge in [-0.1, -0.05) is 11.6 Å². The zero-order chi connectivity index (χ0) is 17.8. The zero-order valence-electron chi connectivity index (χ0n) is 14.6. The van der Waals surface area contributed by atoms with Crippen LogP contribution in [0.15, 0.2) is 30.6 Å². The van der Waals surface area contributed by atoms with Gasteiger partial charge in [0, 0.05) is 44.6 Å². The van der Waals surface area contributed by atoms with E-state index in [4.69, 9.17) is 16.3 Å². The molecule has 0 unspecified atom stereocenters. The largest absolute Gasteiger partial charge is 0.378 e. The van der Waals surface area contributed by atoms with Crippen molar-refractivity contribution in [1.82, 2.24) is 15.0 Å². The van der Waals surface area contributed by atoms with Crippen molar-refractivity contribution in [2.45, 2.75) is 18.9 Å². The second-order valence-electron chi connectivity index (χ2n) is 6.56. The average molecular weight is 375 g/mol. The smallest absolute Gasteiger partial charge is 0.227 e. The standard InChI is InChI=1S/C18H23ClN6O/c19-15-2-1-6-20-17(15)24-8-4-14(5-9-24)22-16-3-7-21-18(23-16)25-10-12-26-13-11-25/h1-3,6-7,14H,4-5,8-13H2,(H,21,22,23). The Kier molecular flexibility index (Phi) is 5.36. The molecular weight excluding hydrogens is 352 g/mol. The van der Waals surface area contributed by atoms with Crippen molar-refractivity contribution in [2.24, 2.45) is 0 Å². The second-order valence-corrected chi connectivity index (χ2v) is 6.96. The lowest BCUT2D eigenvalue weighted by molar-refractivity contribution is 0.122. The number of hydrogen-bond donors (Lipinski definition) is 1. The number of aromatic nitrogens is 3. The highest BCUT2D eigenvalue weighted by Crippen LogP contribution is 2.26. The van der Waals surface area contributed by atoms with E-state index in [9.17, 15) is 0 Å². The van der Waals surface area contributed by atoms with Crippen LogP contribution in [0.25, 0.3) is 0 Å². The van der Waals surface area contributed by atoms with Gasteiger partial charge in [0.15, 0.2) is 0 Å². The highest BCUT2D eigenvalue weighted by atomic mass is 35.5. The molecule has 2 fully saturated rings. The van der Waals surface area contributed by atoms with Crippen molar-refractivity contribution in [3.05, 3.63) is 35.6 Å². The van der Waals surface area contributed by atoms with Gasteiger partial charge in [-0.25, -0.2) is 9.97 Å². The number of pyridine rings is 1. The number of nitrogens with zero attached hydrogens (tertiary/aromatic N) is 5. The van der Waals surface area contributed by atoms with E-state index < -0.39 is 0 Å². The van der Waals surface area contributed by atoms with Gasteiger partial charge in [-0.05, 0) is 31.0 Å². The molecule has 0 amide bonds. The van der Waals surface area contributed by atoms with Crippen LogP contribution in [-0.4, -0.2) is 60.4 Å². The first-order chi connectivity index (χ1) is 12.8. The summed E-state index contributed by atoms with van der Waals surface area (Å²) in [4.78, 5) is 17.9. The van der Waals surface area contributed by atoms with Crippen LogP contribution in [0.5, 0.6) is 0 Å². The van der Waals surface area contributed by atoms with Crippen LogP contribution in [0, 0.1) is 0 Å². The fourth-order valence-electron chi connectivity index (χ4n) is 3.40. The molecule has 0 atom stereocenters. The second kappa shape index (κ2) is 8.05. The Morgan fingerprint density at radius 3 is 2.58 bits per heavy atom. The van der Waals surface area contributed by atoms with Crippen LogP contribution in [0.4, 0.5) is 17.6 Å². The maximum absolute atomic E-state index is 6.26. The first kappa shape index (κ1) is 17.3. The summed E-state index contributed by atoms with van der Waals surface area (Å²) >= 11 is 6.26. The Balaban J connectivity index is 1.35. The monoisotopic (exact) mass is 374 g/mol. The molecule has 138 valence electrons. The SMILES string of the molecule is Clc1cccnc1N1CCC(Nc2ccnc(N3CCOCC3)n2)CC1. The Hall–Kier alpha value is -2.12. The topological polar surface area (TPSA) is 66.4 Å². The third-order valence-electron chi connectivity index (χ3n) is 4.82. The van der Waals surface area contributed by atoms with Crippen molar-refractivity contribution in [3.63, 3.8) is 0 Å². The molecule has 0 aliphatic carbocycles. The Labute approximate surface area is 158 Å². The molecule has 2 saturated heterocycles. The van der Waals surface area contributed by atoms with E-state index in [2.05, 4.69) is 30.1 Å². The van der Waals surface area contributed by atoms with Crippen molar-refractivity contribution in [3.8, 4) is 0 Å². The van der Waals surface area contributed by atoms with Crippen molar-refractivity contribution in [2.75, 3.05) is 54.5 Å². The van der Waals surface area contributed by atoms with Crippen LogP contribution in [0.2, 0.25) is 5.02 Å². The van der Waals surface area contributed by atoms with Gasteiger partial charge in [-0.3, -0.25) is 0 Å². The lowest BCUT2D eigenvalue weighted by Crippen LogP contribution is -2.40. The highest BCUT2D eigenvalue weighted by molar-refractivity contribution is 6.32.